The van der Waals surface area contributed by atoms with E-state index < -0.39 is 5.97 Å². The first-order chi connectivity index (χ1) is 8.72. The zero-order chi connectivity index (χ0) is 13.2. The second-order valence-corrected chi connectivity index (χ2v) is 4.50. The van der Waals surface area contributed by atoms with Gasteiger partial charge in [0.25, 0.3) is 0 Å². The number of carboxylic acids is 1. The Morgan fingerprint density at radius 2 is 1.67 bits per heavy atom. The number of carboxylic acid groups (broad SMARTS) is 1. The third kappa shape index (κ3) is 6.37. The standard InChI is InChI=1S/C13H22N2O3/c1-2-3-4-5-8-11-14-15-12(18-11)9-6-7-10-13(16)17/h2-10H2,1H3,(H,16,17). The van der Waals surface area contributed by atoms with Gasteiger partial charge < -0.3 is 9.52 Å². The highest BCUT2D eigenvalue weighted by Crippen LogP contribution is 2.09. The largest absolute Gasteiger partial charge is 0.481 e. The van der Waals surface area contributed by atoms with Gasteiger partial charge in [0.2, 0.25) is 11.8 Å². The van der Waals surface area contributed by atoms with Crippen LogP contribution in [0.4, 0.5) is 0 Å². The maximum absolute atomic E-state index is 10.3. The molecule has 1 aromatic heterocycles. The van der Waals surface area contributed by atoms with Crippen LogP contribution in [0.2, 0.25) is 0 Å². The monoisotopic (exact) mass is 254 g/mol. The molecule has 0 saturated heterocycles. The van der Waals surface area contributed by atoms with E-state index in [1.54, 1.807) is 0 Å². The quantitative estimate of drug-likeness (QED) is 0.649. The zero-order valence-electron chi connectivity index (χ0n) is 11.0. The fourth-order valence-corrected chi connectivity index (χ4v) is 1.75. The van der Waals surface area contributed by atoms with E-state index in [-0.39, 0.29) is 6.42 Å². The van der Waals surface area contributed by atoms with Gasteiger partial charge in [-0.3, -0.25) is 4.79 Å². The van der Waals surface area contributed by atoms with E-state index in [4.69, 9.17) is 9.52 Å². The highest BCUT2D eigenvalue weighted by Gasteiger charge is 2.06. The maximum Gasteiger partial charge on any atom is 0.303 e. The number of hydrogen-bond donors (Lipinski definition) is 1. The Kier molecular flexibility index (Phi) is 7.06. The summed E-state index contributed by atoms with van der Waals surface area (Å²) in [6, 6.07) is 0. The van der Waals surface area contributed by atoms with Gasteiger partial charge in [-0.25, -0.2) is 0 Å². The second-order valence-electron chi connectivity index (χ2n) is 4.50. The van der Waals surface area contributed by atoms with Crippen molar-refractivity contribution in [1.82, 2.24) is 10.2 Å². The lowest BCUT2D eigenvalue weighted by Crippen LogP contribution is -1.95. The van der Waals surface area contributed by atoms with Crippen LogP contribution < -0.4 is 0 Å². The summed E-state index contributed by atoms with van der Waals surface area (Å²) >= 11 is 0. The minimum atomic E-state index is -0.753. The van der Waals surface area contributed by atoms with Crippen molar-refractivity contribution >= 4 is 5.97 Å². The molecule has 0 aliphatic carbocycles. The minimum absolute atomic E-state index is 0.206. The summed E-state index contributed by atoms with van der Waals surface area (Å²) < 4.78 is 5.50. The minimum Gasteiger partial charge on any atom is -0.481 e. The summed E-state index contributed by atoms with van der Waals surface area (Å²) in [5, 5.41) is 16.5. The molecular formula is C13H22N2O3. The van der Waals surface area contributed by atoms with Gasteiger partial charge in [-0.15, -0.1) is 10.2 Å². The maximum atomic E-state index is 10.3. The molecule has 0 saturated carbocycles. The first-order valence-corrected chi connectivity index (χ1v) is 6.75. The number of nitrogens with zero attached hydrogens (tertiary/aromatic N) is 2. The molecule has 0 fully saturated rings. The number of hydrogen-bond acceptors (Lipinski definition) is 4. The molecule has 1 aromatic rings. The predicted octanol–water partition coefficient (Wildman–Crippen LogP) is 2.99. The Morgan fingerprint density at radius 3 is 2.22 bits per heavy atom. The fraction of sp³-hybridized carbons (Fsp3) is 0.769. The molecule has 0 radical (unpaired) electrons. The molecule has 102 valence electrons. The van der Waals surface area contributed by atoms with Crippen molar-refractivity contribution in [2.75, 3.05) is 0 Å². The van der Waals surface area contributed by atoms with Crippen LogP contribution in [0.5, 0.6) is 0 Å². The van der Waals surface area contributed by atoms with Crippen molar-refractivity contribution in [2.24, 2.45) is 0 Å². The third-order valence-electron chi connectivity index (χ3n) is 2.78. The van der Waals surface area contributed by atoms with Crippen LogP contribution in [0.25, 0.3) is 0 Å². The second kappa shape index (κ2) is 8.66. The molecule has 0 unspecified atom stereocenters. The van der Waals surface area contributed by atoms with Gasteiger partial charge in [0.1, 0.15) is 0 Å². The van der Waals surface area contributed by atoms with Crippen LogP contribution in [0.3, 0.4) is 0 Å². The Labute approximate surface area is 108 Å². The van der Waals surface area contributed by atoms with Crippen LogP contribution >= 0.6 is 0 Å². The molecule has 1 rings (SSSR count). The molecule has 1 heterocycles. The van der Waals surface area contributed by atoms with Gasteiger partial charge in [-0.05, 0) is 19.3 Å². The fourth-order valence-electron chi connectivity index (χ4n) is 1.75. The van der Waals surface area contributed by atoms with E-state index in [0.717, 1.165) is 19.3 Å². The summed E-state index contributed by atoms with van der Waals surface area (Å²) in [6.07, 6.45) is 7.93. The molecule has 0 atom stereocenters. The Bertz CT molecular complexity index is 350. The molecule has 0 aromatic carbocycles. The van der Waals surface area contributed by atoms with Crippen LogP contribution in [0, 0.1) is 0 Å². The van der Waals surface area contributed by atoms with Crippen molar-refractivity contribution in [1.29, 1.82) is 0 Å². The first-order valence-electron chi connectivity index (χ1n) is 6.75. The van der Waals surface area contributed by atoms with Crippen molar-refractivity contribution in [3.63, 3.8) is 0 Å². The lowest BCUT2D eigenvalue weighted by atomic mass is 10.1. The number of aromatic nitrogens is 2. The van der Waals surface area contributed by atoms with Crippen LogP contribution in [-0.4, -0.2) is 21.3 Å². The van der Waals surface area contributed by atoms with Crippen molar-refractivity contribution in [2.45, 2.75) is 64.7 Å². The summed E-state index contributed by atoms with van der Waals surface area (Å²) in [7, 11) is 0. The number of rotatable bonds is 10. The molecule has 0 spiro atoms. The zero-order valence-corrected chi connectivity index (χ0v) is 11.0. The van der Waals surface area contributed by atoms with E-state index in [2.05, 4.69) is 17.1 Å². The van der Waals surface area contributed by atoms with Crippen LogP contribution in [0.1, 0.15) is 63.7 Å². The van der Waals surface area contributed by atoms with Crippen LogP contribution in [-0.2, 0) is 17.6 Å². The molecule has 0 amide bonds. The molecule has 0 aliphatic rings. The van der Waals surface area contributed by atoms with Gasteiger partial charge in [-0.1, -0.05) is 26.2 Å². The molecule has 0 bridgehead atoms. The van der Waals surface area contributed by atoms with Crippen molar-refractivity contribution < 1.29 is 14.3 Å². The Hall–Kier alpha value is -1.39. The highest BCUT2D eigenvalue weighted by atomic mass is 16.4. The Balaban J connectivity index is 2.15. The summed E-state index contributed by atoms with van der Waals surface area (Å²) in [5.41, 5.74) is 0. The molecule has 1 N–H and O–H groups in total. The normalized spacial score (nSPS) is 10.7. The first kappa shape index (κ1) is 14.7. The predicted molar refractivity (Wildman–Crippen MR) is 67.3 cm³/mol. The topological polar surface area (TPSA) is 76.2 Å². The molecular weight excluding hydrogens is 232 g/mol. The van der Waals surface area contributed by atoms with E-state index in [0.29, 0.717) is 24.6 Å². The molecule has 5 heteroatoms. The lowest BCUT2D eigenvalue weighted by molar-refractivity contribution is -0.137. The van der Waals surface area contributed by atoms with Gasteiger partial charge in [-0.2, -0.15) is 0 Å². The molecule has 18 heavy (non-hydrogen) atoms. The van der Waals surface area contributed by atoms with E-state index in [1.165, 1.54) is 19.3 Å². The van der Waals surface area contributed by atoms with E-state index >= 15 is 0 Å². The summed E-state index contributed by atoms with van der Waals surface area (Å²) in [5.74, 6) is 0.586. The van der Waals surface area contributed by atoms with E-state index in [1.807, 2.05) is 0 Å². The van der Waals surface area contributed by atoms with Gasteiger partial charge in [0.15, 0.2) is 0 Å². The van der Waals surface area contributed by atoms with Crippen LogP contribution in [0.15, 0.2) is 4.42 Å². The Morgan fingerprint density at radius 1 is 1.06 bits per heavy atom. The average molecular weight is 254 g/mol. The summed E-state index contributed by atoms with van der Waals surface area (Å²) in [6.45, 7) is 2.18. The third-order valence-corrected chi connectivity index (χ3v) is 2.78. The van der Waals surface area contributed by atoms with Gasteiger partial charge in [0.05, 0.1) is 0 Å². The number of aryl methyl sites for hydroxylation is 2. The van der Waals surface area contributed by atoms with Gasteiger partial charge in [0, 0.05) is 19.3 Å². The number of aliphatic carboxylic acids is 1. The highest BCUT2D eigenvalue weighted by molar-refractivity contribution is 5.66. The van der Waals surface area contributed by atoms with E-state index in [9.17, 15) is 4.79 Å². The molecule has 5 nitrogen and oxygen atoms in total. The molecule has 0 aliphatic heterocycles. The smallest absolute Gasteiger partial charge is 0.303 e. The van der Waals surface area contributed by atoms with Gasteiger partial charge >= 0.3 is 5.97 Å². The van der Waals surface area contributed by atoms with Crippen molar-refractivity contribution in [3.05, 3.63) is 11.8 Å². The summed E-state index contributed by atoms with van der Waals surface area (Å²) in [4.78, 5) is 10.3. The number of unbranched alkanes of at least 4 members (excludes halogenated alkanes) is 4. The lowest BCUT2D eigenvalue weighted by Gasteiger charge is -1.95. The van der Waals surface area contributed by atoms with Crippen molar-refractivity contribution in [3.8, 4) is 0 Å². The SMILES string of the molecule is CCCCCCc1nnc(CCCCC(=O)O)o1. The number of carbonyl (C=O) groups is 1. The average Bonchev–Trinajstić information content (AvgIpc) is 2.78.